The quantitative estimate of drug-likeness (QED) is 0.111. The summed E-state index contributed by atoms with van der Waals surface area (Å²) in [7, 11) is 1.66. The first-order valence-corrected chi connectivity index (χ1v) is 9.55. The van der Waals surface area contributed by atoms with Crippen LogP contribution in [0.3, 0.4) is 0 Å². The van der Waals surface area contributed by atoms with E-state index in [1.54, 1.807) is 11.6 Å². The fourth-order valence-electron chi connectivity index (χ4n) is 2.50. The molecule has 0 bridgehead atoms. The Kier molecular flexibility index (Phi) is 5.17. The second kappa shape index (κ2) is 7.95. The Morgan fingerprint density at radius 1 is 1.13 bits per heavy atom. The summed E-state index contributed by atoms with van der Waals surface area (Å²) in [6.45, 7) is 0. The number of aromatic nitrogens is 10. The van der Waals surface area contributed by atoms with Crippen LogP contribution >= 0.6 is 24.0 Å². The lowest BCUT2D eigenvalue weighted by Crippen LogP contribution is -1.99. The first-order chi connectivity index (χ1) is 14.8. The molecule has 0 aliphatic carbocycles. The fourth-order valence-corrected chi connectivity index (χ4v) is 3.74. The van der Waals surface area contributed by atoms with Crippen LogP contribution in [0.2, 0.25) is 0 Å². The molecule has 5 heterocycles. The Morgan fingerprint density at radius 3 is 2.65 bits per heavy atom. The average molecular weight is 459 g/mol. The van der Waals surface area contributed by atoms with E-state index in [1.165, 1.54) is 19.0 Å². The van der Waals surface area contributed by atoms with Crippen LogP contribution in [-0.2, 0) is 7.05 Å². The summed E-state index contributed by atoms with van der Waals surface area (Å²) in [4.78, 5) is 42.5. The maximum absolute atomic E-state index is 10.9. The Labute approximate surface area is 180 Å². The zero-order valence-electron chi connectivity index (χ0n) is 15.6. The van der Waals surface area contributed by atoms with Gasteiger partial charge in [-0.15, -0.1) is 0 Å². The Balaban J connectivity index is 0.000000177. The molecule has 158 valence electrons. The number of nitrogens with two attached hydrogens (primary N) is 2. The SMILES string of the molecule is Cn1cnc([N+](=O)[O-])c1Sc1nc(N)nc2nc[nH]c12.Nc1nc(=S)c2[nH]cnc2[nH]1. The molecule has 5 aromatic rings. The van der Waals surface area contributed by atoms with Gasteiger partial charge >= 0.3 is 5.82 Å². The zero-order valence-corrected chi connectivity index (χ0v) is 17.2. The minimum Gasteiger partial charge on any atom is -0.369 e. The van der Waals surface area contributed by atoms with E-state index in [9.17, 15) is 10.1 Å². The van der Waals surface area contributed by atoms with Crippen molar-refractivity contribution in [3.63, 3.8) is 0 Å². The summed E-state index contributed by atoms with van der Waals surface area (Å²) in [5.41, 5.74) is 13.3. The van der Waals surface area contributed by atoms with E-state index in [4.69, 9.17) is 23.7 Å². The van der Waals surface area contributed by atoms with Crippen LogP contribution in [0.1, 0.15) is 0 Å². The molecule has 0 atom stereocenters. The summed E-state index contributed by atoms with van der Waals surface area (Å²) >= 11 is 5.99. The van der Waals surface area contributed by atoms with Gasteiger partial charge < -0.3 is 41.1 Å². The second-order valence-corrected chi connectivity index (χ2v) is 7.25. The molecule has 0 unspecified atom stereocenters. The normalized spacial score (nSPS) is 10.9. The van der Waals surface area contributed by atoms with Gasteiger partial charge in [0.15, 0.2) is 21.0 Å². The third-order valence-electron chi connectivity index (χ3n) is 3.82. The predicted octanol–water partition coefficient (Wildman–Crippen LogP) is 1.33. The number of nitro groups is 1. The van der Waals surface area contributed by atoms with Crippen molar-refractivity contribution in [3.8, 4) is 0 Å². The van der Waals surface area contributed by atoms with Gasteiger partial charge in [-0.3, -0.25) is 0 Å². The molecular weight excluding hydrogens is 446 g/mol. The largest absolute Gasteiger partial charge is 0.396 e. The highest BCUT2D eigenvalue weighted by Gasteiger charge is 2.23. The van der Waals surface area contributed by atoms with Crippen LogP contribution in [0.25, 0.3) is 22.3 Å². The third-order valence-corrected chi connectivity index (χ3v) is 5.27. The average Bonchev–Trinajstić information content (AvgIpc) is 3.42. The topological polar surface area (TPSA) is 225 Å². The van der Waals surface area contributed by atoms with E-state index in [-0.39, 0.29) is 17.7 Å². The van der Waals surface area contributed by atoms with Crippen LogP contribution < -0.4 is 11.5 Å². The minimum atomic E-state index is -0.545. The number of imidazole rings is 3. The molecule has 31 heavy (non-hydrogen) atoms. The number of anilines is 2. The van der Waals surface area contributed by atoms with Crippen LogP contribution in [0.5, 0.6) is 0 Å². The van der Waals surface area contributed by atoms with Crippen molar-refractivity contribution in [3.05, 3.63) is 33.7 Å². The summed E-state index contributed by atoms with van der Waals surface area (Å²) in [6.07, 6.45) is 4.37. The summed E-state index contributed by atoms with van der Waals surface area (Å²) in [5, 5.41) is 11.8. The van der Waals surface area contributed by atoms with Crippen molar-refractivity contribution in [1.82, 2.24) is 49.4 Å². The number of nitrogens with zero attached hydrogens (tertiary/aromatic N) is 8. The number of nitrogens with one attached hydrogen (secondary N) is 3. The lowest BCUT2D eigenvalue weighted by Gasteiger charge is -2.03. The van der Waals surface area contributed by atoms with Crippen molar-refractivity contribution in [2.24, 2.45) is 7.05 Å². The highest BCUT2D eigenvalue weighted by atomic mass is 32.2. The molecular formula is C14H13N13O2S2. The number of aromatic amines is 3. The molecule has 0 saturated carbocycles. The highest BCUT2D eigenvalue weighted by molar-refractivity contribution is 7.99. The second-order valence-electron chi connectivity index (χ2n) is 5.88. The van der Waals surface area contributed by atoms with E-state index in [0.717, 1.165) is 11.8 Å². The Bertz CT molecular complexity index is 1470. The Hall–Kier alpha value is -4.12. The summed E-state index contributed by atoms with van der Waals surface area (Å²) < 4.78 is 1.98. The lowest BCUT2D eigenvalue weighted by molar-refractivity contribution is -0.392. The van der Waals surface area contributed by atoms with Gasteiger partial charge in [0.2, 0.25) is 18.2 Å². The number of hydrogen-bond acceptors (Lipinski definition) is 12. The van der Waals surface area contributed by atoms with Gasteiger partial charge in [0.05, 0.1) is 12.7 Å². The van der Waals surface area contributed by atoms with E-state index in [1.807, 2.05) is 0 Å². The summed E-state index contributed by atoms with van der Waals surface area (Å²) in [6, 6.07) is 0. The maximum atomic E-state index is 10.9. The molecule has 5 rings (SSSR count). The fraction of sp³-hybridized carbons (Fsp3) is 0.0714. The van der Waals surface area contributed by atoms with Gasteiger partial charge in [-0.25, -0.2) is 19.9 Å². The van der Waals surface area contributed by atoms with Gasteiger partial charge in [0.25, 0.3) is 0 Å². The van der Waals surface area contributed by atoms with E-state index in [2.05, 4.69) is 44.9 Å². The molecule has 0 aliphatic heterocycles. The van der Waals surface area contributed by atoms with E-state index in [0.29, 0.717) is 37.0 Å². The van der Waals surface area contributed by atoms with Crippen LogP contribution in [0.4, 0.5) is 17.7 Å². The van der Waals surface area contributed by atoms with Gasteiger partial charge in [-0.1, -0.05) is 12.2 Å². The highest BCUT2D eigenvalue weighted by Crippen LogP contribution is 2.35. The molecule has 0 fully saturated rings. The number of nitrogen functional groups attached to an aromatic ring is 2. The molecule has 15 nitrogen and oxygen atoms in total. The molecule has 0 amide bonds. The van der Waals surface area contributed by atoms with Gasteiger partial charge in [0, 0.05) is 7.05 Å². The molecule has 0 spiro atoms. The molecule has 0 radical (unpaired) electrons. The molecule has 7 N–H and O–H groups in total. The Morgan fingerprint density at radius 2 is 1.87 bits per heavy atom. The maximum Gasteiger partial charge on any atom is 0.396 e. The van der Waals surface area contributed by atoms with E-state index >= 15 is 0 Å². The van der Waals surface area contributed by atoms with Crippen molar-refractivity contribution in [2.45, 2.75) is 10.1 Å². The smallest absolute Gasteiger partial charge is 0.369 e. The number of rotatable bonds is 3. The summed E-state index contributed by atoms with van der Waals surface area (Å²) in [5.74, 6) is 0.105. The number of fused-ring (bicyclic) bond motifs is 2. The van der Waals surface area contributed by atoms with Gasteiger partial charge in [0.1, 0.15) is 16.1 Å². The number of H-pyrrole nitrogens is 3. The van der Waals surface area contributed by atoms with Gasteiger partial charge in [-0.2, -0.15) is 4.98 Å². The number of hydrogen-bond donors (Lipinski definition) is 5. The van der Waals surface area contributed by atoms with Crippen molar-refractivity contribution in [2.75, 3.05) is 11.5 Å². The first-order valence-electron chi connectivity index (χ1n) is 8.32. The first kappa shape index (κ1) is 20.2. The zero-order chi connectivity index (χ0) is 22.1. The molecule has 0 aliphatic rings. The van der Waals surface area contributed by atoms with Crippen LogP contribution in [-0.4, -0.2) is 54.3 Å². The third kappa shape index (κ3) is 3.98. The number of aryl methyl sites for hydroxylation is 1. The monoisotopic (exact) mass is 459 g/mol. The predicted molar refractivity (Wildman–Crippen MR) is 114 cm³/mol. The van der Waals surface area contributed by atoms with Crippen molar-refractivity contribution < 1.29 is 4.92 Å². The van der Waals surface area contributed by atoms with Crippen molar-refractivity contribution in [1.29, 1.82) is 0 Å². The van der Waals surface area contributed by atoms with Crippen molar-refractivity contribution >= 4 is 64.0 Å². The van der Waals surface area contributed by atoms with Gasteiger partial charge in [-0.05, 0) is 21.7 Å². The molecule has 0 saturated heterocycles. The van der Waals surface area contributed by atoms with Crippen LogP contribution in [0, 0.1) is 14.8 Å². The van der Waals surface area contributed by atoms with E-state index < -0.39 is 4.92 Å². The molecule has 0 aromatic carbocycles. The molecule has 5 aromatic heterocycles. The minimum absolute atomic E-state index is 0.0527. The lowest BCUT2D eigenvalue weighted by atomic mass is 10.5. The molecule has 17 heteroatoms. The van der Waals surface area contributed by atoms with Crippen LogP contribution in [0.15, 0.2) is 29.0 Å². The standard InChI is InChI=1S/C9H8N8O2S.C5H5N5S/c1-16-3-13-6(17(18)19)8(16)20-7-4-5(12-2-11-4)14-9(10)15-7;6-5-9-3-2(4(11)10-5)7-1-8-3/h2-3H,1H3,(H3,10,11,12,14,15);1H,(H4,6,7,8,9,10,11).